The number of amides is 1. The largest absolute Gasteiger partial charge is 0.454 e. The Balaban J connectivity index is 0.00000300. The van der Waals surface area contributed by atoms with Crippen molar-refractivity contribution in [1.82, 2.24) is 15.5 Å². The first-order valence-corrected chi connectivity index (χ1v) is 10.2. The lowest BCUT2D eigenvalue weighted by Crippen LogP contribution is -2.45. The number of halogens is 1. The summed E-state index contributed by atoms with van der Waals surface area (Å²) in [6.45, 7) is 11.6. The molecule has 7 nitrogen and oxygen atoms in total. The van der Waals surface area contributed by atoms with E-state index in [-0.39, 0.29) is 48.1 Å². The Morgan fingerprint density at radius 3 is 2.76 bits per heavy atom. The maximum Gasteiger partial charge on any atom is 0.231 e. The molecule has 1 saturated heterocycles. The number of carbonyl (C=O) groups excluding carboxylic acids is 1. The molecule has 2 aliphatic heterocycles. The van der Waals surface area contributed by atoms with Crippen molar-refractivity contribution < 1.29 is 14.3 Å². The van der Waals surface area contributed by atoms with Crippen LogP contribution in [0.1, 0.15) is 46.1 Å². The summed E-state index contributed by atoms with van der Waals surface area (Å²) in [6.07, 6.45) is 1.51. The van der Waals surface area contributed by atoms with E-state index in [1.807, 2.05) is 24.0 Å². The minimum absolute atomic E-state index is 0. The van der Waals surface area contributed by atoms with Crippen LogP contribution in [-0.4, -0.2) is 55.8 Å². The molecule has 2 aliphatic rings. The van der Waals surface area contributed by atoms with Crippen molar-refractivity contribution in [1.29, 1.82) is 0 Å². The Morgan fingerprint density at radius 2 is 2.03 bits per heavy atom. The molecule has 1 fully saturated rings. The molecule has 0 saturated carbocycles. The number of benzene rings is 1. The zero-order valence-corrected chi connectivity index (χ0v) is 20.1. The molecule has 1 atom stereocenters. The zero-order chi connectivity index (χ0) is 20.1. The third kappa shape index (κ3) is 5.90. The van der Waals surface area contributed by atoms with Gasteiger partial charge in [-0.15, -0.1) is 24.0 Å². The molecule has 1 unspecified atom stereocenters. The monoisotopic (exact) mass is 516 g/mol. The van der Waals surface area contributed by atoms with Gasteiger partial charge in [0, 0.05) is 37.5 Å². The van der Waals surface area contributed by atoms with Crippen LogP contribution in [0.2, 0.25) is 0 Å². The highest BCUT2D eigenvalue weighted by Gasteiger charge is 2.27. The summed E-state index contributed by atoms with van der Waals surface area (Å²) in [4.78, 5) is 18.7. The number of likely N-dealkylation sites (tertiary alicyclic amines) is 1. The van der Waals surface area contributed by atoms with Crippen molar-refractivity contribution in [3.8, 4) is 11.5 Å². The average Bonchev–Trinajstić information content (AvgIpc) is 3.34. The van der Waals surface area contributed by atoms with Crippen molar-refractivity contribution in [2.75, 3.05) is 33.0 Å². The lowest BCUT2D eigenvalue weighted by molar-refractivity contribution is -0.129. The Morgan fingerprint density at radius 1 is 1.28 bits per heavy atom. The van der Waals surface area contributed by atoms with Gasteiger partial charge in [-0.3, -0.25) is 9.79 Å². The first-order valence-electron chi connectivity index (χ1n) is 10.2. The highest BCUT2D eigenvalue weighted by molar-refractivity contribution is 14.0. The van der Waals surface area contributed by atoms with Crippen LogP contribution in [-0.2, 0) is 10.2 Å². The number of fused-ring (bicyclic) bond motifs is 1. The van der Waals surface area contributed by atoms with Crippen molar-refractivity contribution in [3.05, 3.63) is 23.8 Å². The van der Waals surface area contributed by atoms with E-state index in [1.165, 1.54) is 0 Å². The Hall–Kier alpha value is -1.71. The summed E-state index contributed by atoms with van der Waals surface area (Å²) in [5.74, 6) is 2.61. The number of guanidine groups is 1. The average molecular weight is 516 g/mol. The zero-order valence-electron chi connectivity index (χ0n) is 17.8. The van der Waals surface area contributed by atoms with Gasteiger partial charge in [-0.2, -0.15) is 0 Å². The van der Waals surface area contributed by atoms with Crippen molar-refractivity contribution in [3.63, 3.8) is 0 Å². The van der Waals surface area contributed by atoms with Crippen LogP contribution < -0.4 is 20.1 Å². The normalized spacial score (nSPS) is 18.4. The van der Waals surface area contributed by atoms with E-state index < -0.39 is 0 Å². The van der Waals surface area contributed by atoms with Crippen LogP contribution in [0.25, 0.3) is 0 Å². The molecule has 1 amide bonds. The molecule has 2 heterocycles. The summed E-state index contributed by atoms with van der Waals surface area (Å²) in [5, 5.41) is 6.82. The summed E-state index contributed by atoms with van der Waals surface area (Å²) in [5.41, 5.74) is 1.01. The third-order valence-corrected chi connectivity index (χ3v) is 5.31. The molecule has 0 bridgehead atoms. The first-order chi connectivity index (χ1) is 13.4. The predicted octanol–water partition coefficient (Wildman–Crippen LogP) is 2.88. The molecule has 0 aromatic heterocycles. The predicted molar refractivity (Wildman–Crippen MR) is 125 cm³/mol. The summed E-state index contributed by atoms with van der Waals surface area (Å²) >= 11 is 0. The third-order valence-electron chi connectivity index (χ3n) is 5.31. The van der Waals surface area contributed by atoms with Crippen LogP contribution >= 0.6 is 24.0 Å². The molecule has 0 spiro atoms. The quantitative estimate of drug-likeness (QED) is 0.346. The van der Waals surface area contributed by atoms with Gasteiger partial charge >= 0.3 is 0 Å². The smallest absolute Gasteiger partial charge is 0.231 e. The SMILES string of the molecule is CCNC(=NCC(C)(C)c1ccc2c(c1)OCO2)NC1CCN(C(=O)CC)C1.I. The molecule has 1 aromatic rings. The fraction of sp³-hybridized carbons (Fsp3) is 0.619. The Bertz CT molecular complexity index is 739. The molecule has 0 aliphatic carbocycles. The van der Waals surface area contributed by atoms with Crippen LogP contribution in [0.15, 0.2) is 23.2 Å². The second-order valence-corrected chi connectivity index (χ2v) is 7.97. The molecule has 3 rings (SSSR count). The highest BCUT2D eigenvalue weighted by atomic mass is 127. The molecule has 29 heavy (non-hydrogen) atoms. The van der Waals surface area contributed by atoms with E-state index in [0.29, 0.717) is 13.0 Å². The van der Waals surface area contributed by atoms with Gasteiger partial charge in [0.15, 0.2) is 17.5 Å². The number of hydrogen-bond donors (Lipinski definition) is 2. The number of hydrogen-bond acceptors (Lipinski definition) is 4. The summed E-state index contributed by atoms with van der Waals surface area (Å²) in [7, 11) is 0. The maximum atomic E-state index is 11.9. The van der Waals surface area contributed by atoms with Crippen molar-refractivity contribution in [2.24, 2.45) is 4.99 Å². The first kappa shape index (κ1) is 23.6. The van der Waals surface area contributed by atoms with Crippen molar-refractivity contribution >= 4 is 35.8 Å². The van der Waals surface area contributed by atoms with Gasteiger partial charge in [-0.25, -0.2) is 0 Å². The van der Waals surface area contributed by atoms with E-state index >= 15 is 0 Å². The van der Waals surface area contributed by atoms with Crippen LogP contribution in [0, 0.1) is 0 Å². The molecule has 1 aromatic carbocycles. The maximum absolute atomic E-state index is 11.9. The summed E-state index contributed by atoms with van der Waals surface area (Å²) in [6, 6.07) is 6.32. The van der Waals surface area contributed by atoms with E-state index in [0.717, 1.165) is 49.1 Å². The van der Waals surface area contributed by atoms with Gasteiger partial charge in [0.2, 0.25) is 12.7 Å². The Labute approximate surface area is 190 Å². The van der Waals surface area contributed by atoms with E-state index in [1.54, 1.807) is 0 Å². The second-order valence-electron chi connectivity index (χ2n) is 7.97. The second kappa shape index (κ2) is 10.4. The molecule has 8 heteroatoms. The highest BCUT2D eigenvalue weighted by Crippen LogP contribution is 2.36. The fourth-order valence-corrected chi connectivity index (χ4v) is 3.53. The van der Waals surface area contributed by atoms with Crippen molar-refractivity contribution in [2.45, 2.75) is 52.0 Å². The number of ether oxygens (including phenoxy) is 2. The van der Waals surface area contributed by atoms with Crippen LogP contribution in [0.5, 0.6) is 11.5 Å². The number of rotatable bonds is 6. The lowest BCUT2D eigenvalue weighted by Gasteiger charge is -2.25. The molecular formula is C21H33IN4O3. The fourth-order valence-electron chi connectivity index (χ4n) is 3.53. The number of aliphatic imine (C=N–C) groups is 1. The van der Waals surface area contributed by atoms with Crippen LogP contribution in [0.4, 0.5) is 0 Å². The van der Waals surface area contributed by atoms with Gasteiger partial charge in [0.1, 0.15) is 0 Å². The number of nitrogens with one attached hydrogen (secondary N) is 2. The topological polar surface area (TPSA) is 75.2 Å². The van der Waals surface area contributed by atoms with Gasteiger partial charge in [0.25, 0.3) is 0 Å². The molecule has 162 valence electrons. The standard InChI is InChI=1S/C21H32N4O3.HI/c1-5-19(26)25-10-9-16(12-25)24-20(22-6-2)23-13-21(3,4)15-7-8-17-18(11-15)28-14-27-17;/h7-8,11,16H,5-6,9-10,12-14H2,1-4H3,(H2,22,23,24);1H. The summed E-state index contributed by atoms with van der Waals surface area (Å²) < 4.78 is 10.9. The minimum atomic E-state index is -0.150. The van der Waals surface area contributed by atoms with E-state index in [4.69, 9.17) is 14.5 Å². The number of carbonyl (C=O) groups is 1. The van der Waals surface area contributed by atoms with E-state index in [9.17, 15) is 4.79 Å². The van der Waals surface area contributed by atoms with Gasteiger partial charge in [-0.05, 0) is 31.0 Å². The Kier molecular flexibility index (Phi) is 8.42. The van der Waals surface area contributed by atoms with Crippen LogP contribution in [0.3, 0.4) is 0 Å². The minimum Gasteiger partial charge on any atom is -0.454 e. The van der Waals surface area contributed by atoms with Gasteiger partial charge < -0.3 is 25.0 Å². The van der Waals surface area contributed by atoms with Gasteiger partial charge in [0.05, 0.1) is 6.54 Å². The lowest BCUT2D eigenvalue weighted by atomic mass is 9.84. The molecule has 0 radical (unpaired) electrons. The molecular weight excluding hydrogens is 483 g/mol. The number of nitrogens with zero attached hydrogens (tertiary/aromatic N) is 2. The van der Waals surface area contributed by atoms with E-state index in [2.05, 4.69) is 37.5 Å². The van der Waals surface area contributed by atoms with Gasteiger partial charge in [-0.1, -0.05) is 26.8 Å². The molecule has 2 N–H and O–H groups in total.